The Labute approximate surface area is 164 Å². The molecule has 0 unspecified atom stereocenters. The fraction of sp³-hybridized carbons (Fsp3) is 0.200. The molecule has 0 fully saturated rings. The first kappa shape index (κ1) is 21.3. The number of nitrogens with one attached hydrogen (secondary N) is 2. The number of sulfonamides is 1. The maximum absolute atomic E-state index is 12.1. The first-order valence-corrected chi connectivity index (χ1v) is 10.1. The van der Waals surface area contributed by atoms with Gasteiger partial charge >= 0.3 is 5.97 Å². The fourth-order valence-corrected chi connectivity index (χ4v) is 3.30. The molecule has 8 heteroatoms. The van der Waals surface area contributed by atoms with Crippen LogP contribution in [0.3, 0.4) is 0 Å². The van der Waals surface area contributed by atoms with Crippen LogP contribution in [0.4, 0.5) is 5.69 Å². The third-order valence-electron chi connectivity index (χ3n) is 3.77. The van der Waals surface area contributed by atoms with Gasteiger partial charge in [0.25, 0.3) is 5.91 Å². The standard InChI is InChI=1S/C20H22N2O5S/c1-3-12-21-28(25,26)18-10-8-16(9-11-18)20(24)27-14-19(23)22-17-7-5-6-15(4-2)13-17/h3,5-11,13,21H,1,4,12,14H2,2H3,(H,22,23). The van der Waals surface area contributed by atoms with Gasteiger partial charge in [0.15, 0.2) is 6.61 Å². The minimum atomic E-state index is -3.67. The fourth-order valence-electron chi connectivity index (χ4n) is 2.30. The molecular formula is C20H22N2O5S. The summed E-state index contributed by atoms with van der Waals surface area (Å²) in [6.07, 6.45) is 2.26. The van der Waals surface area contributed by atoms with Crippen molar-refractivity contribution < 1.29 is 22.7 Å². The molecule has 0 aromatic heterocycles. The van der Waals surface area contributed by atoms with Crippen molar-refractivity contribution >= 4 is 27.6 Å². The molecule has 0 bridgehead atoms. The van der Waals surface area contributed by atoms with E-state index in [0.717, 1.165) is 12.0 Å². The number of hydrogen-bond donors (Lipinski definition) is 2. The maximum Gasteiger partial charge on any atom is 0.338 e. The number of anilines is 1. The molecule has 0 saturated heterocycles. The highest BCUT2D eigenvalue weighted by Crippen LogP contribution is 2.13. The summed E-state index contributed by atoms with van der Waals surface area (Å²) in [7, 11) is -3.67. The number of benzene rings is 2. The number of aryl methyl sites for hydroxylation is 1. The van der Waals surface area contributed by atoms with Crippen LogP contribution in [0.25, 0.3) is 0 Å². The molecule has 0 spiro atoms. The molecule has 0 radical (unpaired) electrons. The zero-order valence-electron chi connectivity index (χ0n) is 15.5. The quantitative estimate of drug-likeness (QED) is 0.496. The molecule has 2 N–H and O–H groups in total. The lowest BCUT2D eigenvalue weighted by atomic mass is 10.1. The summed E-state index contributed by atoms with van der Waals surface area (Å²) < 4.78 is 31.3. The molecule has 1 amide bonds. The minimum absolute atomic E-state index is 0.0134. The molecule has 0 aliphatic carbocycles. The van der Waals surface area contributed by atoms with Crippen LogP contribution in [0.5, 0.6) is 0 Å². The Balaban J connectivity index is 1.92. The SMILES string of the molecule is C=CCNS(=O)(=O)c1ccc(C(=O)OCC(=O)Nc2cccc(CC)c2)cc1. The van der Waals surface area contributed by atoms with Gasteiger partial charge in [-0.3, -0.25) is 4.79 Å². The van der Waals surface area contributed by atoms with Gasteiger partial charge in [-0.1, -0.05) is 25.1 Å². The summed E-state index contributed by atoms with van der Waals surface area (Å²) in [4.78, 5) is 24.0. The topological polar surface area (TPSA) is 102 Å². The highest BCUT2D eigenvalue weighted by atomic mass is 32.2. The van der Waals surface area contributed by atoms with Crippen molar-refractivity contribution in [3.05, 3.63) is 72.3 Å². The predicted molar refractivity (Wildman–Crippen MR) is 107 cm³/mol. The van der Waals surface area contributed by atoms with Crippen molar-refractivity contribution in [3.63, 3.8) is 0 Å². The van der Waals surface area contributed by atoms with Gasteiger partial charge in [0.1, 0.15) is 0 Å². The zero-order chi connectivity index (χ0) is 20.6. The van der Waals surface area contributed by atoms with E-state index in [0.29, 0.717) is 5.69 Å². The first-order valence-electron chi connectivity index (χ1n) is 8.62. The second-order valence-electron chi connectivity index (χ2n) is 5.84. The smallest absolute Gasteiger partial charge is 0.338 e. The van der Waals surface area contributed by atoms with Gasteiger partial charge in [-0.15, -0.1) is 6.58 Å². The second kappa shape index (κ2) is 9.82. The van der Waals surface area contributed by atoms with Gasteiger partial charge in [-0.05, 0) is 48.4 Å². The van der Waals surface area contributed by atoms with Crippen LogP contribution in [0.2, 0.25) is 0 Å². The van der Waals surface area contributed by atoms with E-state index in [9.17, 15) is 18.0 Å². The van der Waals surface area contributed by atoms with Crippen molar-refractivity contribution in [3.8, 4) is 0 Å². The average molecular weight is 402 g/mol. The van der Waals surface area contributed by atoms with E-state index in [-0.39, 0.29) is 17.0 Å². The van der Waals surface area contributed by atoms with E-state index < -0.39 is 28.5 Å². The highest BCUT2D eigenvalue weighted by Gasteiger charge is 2.15. The highest BCUT2D eigenvalue weighted by molar-refractivity contribution is 7.89. The van der Waals surface area contributed by atoms with E-state index in [1.165, 1.54) is 30.3 Å². The molecule has 2 aromatic rings. The number of carbonyl (C=O) groups is 2. The average Bonchev–Trinajstić information content (AvgIpc) is 2.70. The number of esters is 1. The van der Waals surface area contributed by atoms with Gasteiger partial charge in [-0.25, -0.2) is 17.9 Å². The van der Waals surface area contributed by atoms with Gasteiger partial charge in [0.2, 0.25) is 10.0 Å². The molecule has 0 aliphatic heterocycles. The summed E-state index contributed by atoms with van der Waals surface area (Å²) in [5, 5.41) is 2.66. The molecule has 28 heavy (non-hydrogen) atoms. The first-order chi connectivity index (χ1) is 13.4. The Kier molecular flexibility index (Phi) is 7.48. The summed E-state index contributed by atoms with van der Waals surface area (Å²) in [6.45, 7) is 5.10. The van der Waals surface area contributed by atoms with Crippen molar-refractivity contribution in [2.75, 3.05) is 18.5 Å². The van der Waals surface area contributed by atoms with Crippen molar-refractivity contribution in [2.45, 2.75) is 18.2 Å². The summed E-state index contributed by atoms with van der Waals surface area (Å²) in [6, 6.07) is 12.6. The normalized spacial score (nSPS) is 10.9. The van der Waals surface area contributed by atoms with E-state index in [2.05, 4.69) is 16.6 Å². The maximum atomic E-state index is 12.1. The Morgan fingerprint density at radius 3 is 2.50 bits per heavy atom. The largest absolute Gasteiger partial charge is 0.452 e. The van der Waals surface area contributed by atoms with Crippen LogP contribution < -0.4 is 10.0 Å². The van der Waals surface area contributed by atoms with Crippen molar-refractivity contribution in [2.24, 2.45) is 0 Å². The number of ether oxygens (including phenoxy) is 1. The van der Waals surface area contributed by atoms with Crippen LogP contribution in [0.15, 0.2) is 66.1 Å². The van der Waals surface area contributed by atoms with E-state index in [1.807, 2.05) is 25.1 Å². The Hall–Kier alpha value is -2.97. The summed E-state index contributed by atoms with van der Waals surface area (Å²) in [5.74, 6) is -1.19. The minimum Gasteiger partial charge on any atom is -0.452 e. The van der Waals surface area contributed by atoms with Gasteiger partial charge < -0.3 is 10.1 Å². The van der Waals surface area contributed by atoms with Crippen LogP contribution in [-0.2, 0) is 26.0 Å². The lowest BCUT2D eigenvalue weighted by Crippen LogP contribution is -2.23. The summed E-state index contributed by atoms with van der Waals surface area (Å²) >= 11 is 0. The predicted octanol–water partition coefficient (Wildman–Crippen LogP) is 2.51. The van der Waals surface area contributed by atoms with Gasteiger partial charge in [0.05, 0.1) is 10.5 Å². The molecule has 0 saturated carbocycles. The third kappa shape index (κ3) is 6.04. The van der Waals surface area contributed by atoms with E-state index in [1.54, 1.807) is 6.07 Å². The van der Waals surface area contributed by atoms with Gasteiger partial charge in [-0.2, -0.15) is 0 Å². The van der Waals surface area contributed by atoms with Crippen LogP contribution in [0.1, 0.15) is 22.8 Å². The number of amides is 1. The molecule has 0 heterocycles. The Morgan fingerprint density at radius 1 is 1.14 bits per heavy atom. The molecular weight excluding hydrogens is 380 g/mol. The number of hydrogen-bond acceptors (Lipinski definition) is 5. The third-order valence-corrected chi connectivity index (χ3v) is 5.21. The van der Waals surface area contributed by atoms with E-state index in [4.69, 9.17) is 4.74 Å². The second-order valence-corrected chi connectivity index (χ2v) is 7.61. The van der Waals surface area contributed by atoms with Crippen LogP contribution in [-0.4, -0.2) is 33.4 Å². The van der Waals surface area contributed by atoms with Gasteiger partial charge in [0, 0.05) is 12.2 Å². The monoisotopic (exact) mass is 402 g/mol. The zero-order valence-corrected chi connectivity index (χ0v) is 16.3. The molecule has 7 nitrogen and oxygen atoms in total. The van der Waals surface area contributed by atoms with E-state index >= 15 is 0 Å². The molecule has 2 aromatic carbocycles. The lowest BCUT2D eigenvalue weighted by Gasteiger charge is -2.08. The molecule has 148 valence electrons. The van der Waals surface area contributed by atoms with Crippen molar-refractivity contribution in [1.82, 2.24) is 4.72 Å². The Morgan fingerprint density at radius 2 is 1.86 bits per heavy atom. The number of carbonyl (C=O) groups excluding carboxylic acids is 2. The molecule has 0 atom stereocenters. The van der Waals surface area contributed by atoms with Crippen LogP contribution in [0, 0.1) is 0 Å². The van der Waals surface area contributed by atoms with Crippen molar-refractivity contribution in [1.29, 1.82) is 0 Å². The molecule has 2 rings (SSSR count). The Bertz CT molecular complexity index is 953. The van der Waals surface area contributed by atoms with Crippen LogP contribution >= 0.6 is 0 Å². The lowest BCUT2D eigenvalue weighted by molar-refractivity contribution is -0.119. The molecule has 0 aliphatic rings. The summed E-state index contributed by atoms with van der Waals surface area (Å²) in [5.41, 5.74) is 1.85. The number of rotatable bonds is 9.